The van der Waals surface area contributed by atoms with Crippen LogP contribution in [0.25, 0.3) is 0 Å². The number of rotatable bonds is 8. The van der Waals surface area contributed by atoms with Crippen molar-refractivity contribution in [2.24, 2.45) is 10.7 Å². The average molecular weight is 349 g/mol. The summed E-state index contributed by atoms with van der Waals surface area (Å²) >= 11 is 0. The van der Waals surface area contributed by atoms with Gasteiger partial charge in [0.25, 0.3) is 0 Å². The molecule has 6 nitrogen and oxygen atoms in total. The highest BCUT2D eigenvalue weighted by atomic mass is 16.5. The van der Waals surface area contributed by atoms with Crippen LogP contribution < -0.4 is 20.5 Å². The number of aliphatic imine (C=N–C) groups is 1. The highest BCUT2D eigenvalue weighted by Gasteiger charge is 2.12. The second-order valence-electron chi connectivity index (χ2n) is 6.30. The van der Waals surface area contributed by atoms with Gasteiger partial charge in [-0.2, -0.15) is 0 Å². The van der Waals surface area contributed by atoms with Crippen molar-refractivity contribution in [3.8, 4) is 11.5 Å². The molecule has 2 rings (SSSR count). The van der Waals surface area contributed by atoms with Crippen molar-refractivity contribution in [2.75, 3.05) is 27.4 Å². The van der Waals surface area contributed by atoms with E-state index in [0.29, 0.717) is 43.3 Å². The Hall–Kier alpha value is -1.95. The summed E-state index contributed by atoms with van der Waals surface area (Å²) in [5, 5.41) is 3.11. The lowest BCUT2D eigenvalue weighted by molar-refractivity contribution is 0.0468. The first-order valence-electron chi connectivity index (χ1n) is 9.09. The van der Waals surface area contributed by atoms with Gasteiger partial charge in [-0.05, 0) is 30.5 Å². The summed E-state index contributed by atoms with van der Waals surface area (Å²) in [6.07, 6.45) is 8.03. The van der Waals surface area contributed by atoms with Crippen LogP contribution in [0, 0.1) is 0 Å². The Kier molecular flexibility index (Phi) is 8.39. The third-order valence-corrected chi connectivity index (χ3v) is 4.44. The summed E-state index contributed by atoms with van der Waals surface area (Å²) in [6, 6.07) is 5.73. The molecule has 0 saturated heterocycles. The Morgan fingerprint density at radius 3 is 2.52 bits per heavy atom. The number of nitrogens with two attached hydrogens (primary N) is 1. The molecule has 0 radical (unpaired) electrons. The zero-order valence-electron chi connectivity index (χ0n) is 15.4. The molecule has 0 amide bonds. The number of hydrogen-bond acceptors (Lipinski definition) is 4. The van der Waals surface area contributed by atoms with E-state index in [1.165, 1.54) is 38.5 Å². The molecule has 1 fully saturated rings. The minimum absolute atomic E-state index is 0.411. The fourth-order valence-corrected chi connectivity index (χ4v) is 3.02. The van der Waals surface area contributed by atoms with E-state index in [9.17, 15) is 0 Å². The van der Waals surface area contributed by atoms with Crippen LogP contribution in [0.1, 0.15) is 44.1 Å². The molecule has 1 saturated carbocycles. The molecule has 3 N–H and O–H groups in total. The molecule has 0 aliphatic heterocycles. The van der Waals surface area contributed by atoms with Gasteiger partial charge in [-0.1, -0.05) is 31.7 Å². The van der Waals surface area contributed by atoms with Crippen LogP contribution in [0.15, 0.2) is 23.2 Å². The largest absolute Gasteiger partial charge is 0.493 e. The Morgan fingerprint density at radius 1 is 1.12 bits per heavy atom. The molecule has 1 aromatic carbocycles. The van der Waals surface area contributed by atoms with Gasteiger partial charge in [-0.25, -0.2) is 4.99 Å². The first kappa shape index (κ1) is 19.4. The van der Waals surface area contributed by atoms with Gasteiger partial charge in [0.05, 0.1) is 33.5 Å². The first-order chi connectivity index (χ1) is 12.2. The Labute approximate surface area is 150 Å². The number of guanidine groups is 1. The molecule has 6 heteroatoms. The maximum atomic E-state index is 5.93. The van der Waals surface area contributed by atoms with Crippen molar-refractivity contribution in [1.82, 2.24) is 5.32 Å². The zero-order valence-corrected chi connectivity index (χ0v) is 15.4. The van der Waals surface area contributed by atoms with E-state index in [1.807, 2.05) is 18.2 Å². The summed E-state index contributed by atoms with van der Waals surface area (Å²) in [5.41, 5.74) is 6.93. The fourth-order valence-electron chi connectivity index (χ4n) is 3.02. The van der Waals surface area contributed by atoms with Crippen LogP contribution in [-0.4, -0.2) is 39.4 Å². The molecule has 0 bridgehead atoms. The fraction of sp³-hybridized carbons (Fsp3) is 0.632. The normalized spacial score (nSPS) is 16.3. The second kappa shape index (κ2) is 10.8. The summed E-state index contributed by atoms with van der Waals surface area (Å²) in [6.45, 7) is 1.83. The van der Waals surface area contributed by atoms with Crippen LogP contribution in [0.2, 0.25) is 0 Å². The molecule has 140 valence electrons. The highest BCUT2D eigenvalue weighted by molar-refractivity contribution is 5.77. The molecule has 1 aromatic rings. The van der Waals surface area contributed by atoms with E-state index in [-0.39, 0.29) is 0 Å². The number of methoxy groups -OCH3 is 2. The maximum absolute atomic E-state index is 5.93. The smallest absolute Gasteiger partial charge is 0.188 e. The van der Waals surface area contributed by atoms with E-state index < -0.39 is 0 Å². The average Bonchev–Trinajstić information content (AvgIpc) is 2.92. The van der Waals surface area contributed by atoms with Crippen molar-refractivity contribution in [3.63, 3.8) is 0 Å². The van der Waals surface area contributed by atoms with Crippen molar-refractivity contribution in [3.05, 3.63) is 23.8 Å². The molecule has 0 aromatic heterocycles. The van der Waals surface area contributed by atoms with Gasteiger partial charge in [0.15, 0.2) is 17.5 Å². The molecule has 0 heterocycles. The van der Waals surface area contributed by atoms with Crippen molar-refractivity contribution in [1.29, 1.82) is 0 Å². The van der Waals surface area contributed by atoms with Gasteiger partial charge in [-0.15, -0.1) is 0 Å². The number of ether oxygens (including phenoxy) is 3. The summed E-state index contributed by atoms with van der Waals surface area (Å²) < 4.78 is 16.4. The Bertz CT molecular complexity index is 541. The van der Waals surface area contributed by atoms with Crippen LogP contribution in [0.4, 0.5) is 0 Å². The van der Waals surface area contributed by atoms with E-state index >= 15 is 0 Å². The van der Waals surface area contributed by atoms with Crippen LogP contribution in [0.3, 0.4) is 0 Å². The van der Waals surface area contributed by atoms with E-state index in [0.717, 1.165) is 5.56 Å². The van der Waals surface area contributed by atoms with E-state index in [2.05, 4.69) is 10.3 Å². The van der Waals surface area contributed by atoms with Crippen LogP contribution >= 0.6 is 0 Å². The predicted octanol–water partition coefficient (Wildman–Crippen LogP) is 2.85. The Morgan fingerprint density at radius 2 is 1.84 bits per heavy atom. The standard InChI is InChI=1S/C19H31N3O3/c1-23-17-10-9-15(13-18(17)24-2)14-22-19(20)21-11-12-25-16-7-5-3-4-6-8-16/h9-10,13,16H,3-8,11-12,14H2,1-2H3,(H3,20,21,22). The van der Waals surface area contributed by atoms with Crippen molar-refractivity contribution in [2.45, 2.75) is 51.2 Å². The van der Waals surface area contributed by atoms with Crippen molar-refractivity contribution >= 4 is 5.96 Å². The number of hydrogen-bond donors (Lipinski definition) is 2. The van der Waals surface area contributed by atoms with Gasteiger partial charge in [0.1, 0.15) is 0 Å². The molecule has 0 spiro atoms. The molecule has 1 aliphatic carbocycles. The monoisotopic (exact) mass is 349 g/mol. The quantitative estimate of drug-likeness (QED) is 0.327. The third-order valence-electron chi connectivity index (χ3n) is 4.44. The third kappa shape index (κ3) is 6.82. The molecule has 0 atom stereocenters. The lowest BCUT2D eigenvalue weighted by Gasteiger charge is -2.15. The minimum Gasteiger partial charge on any atom is -0.493 e. The topological polar surface area (TPSA) is 78.1 Å². The van der Waals surface area contributed by atoms with E-state index in [4.69, 9.17) is 19.9 Å². The lowest BCUT2D eigenvalue weighted by atomic mass is 10.1. The second-order valence-corrected chi connectivity index (χ2v) is 6.30. The summed E-state index contributed by atoms with van der Waals surface area (Å²) in [5.74, 6) is 1.83. The molecule has 1 aliphatic rings. The summed E-state index contributed by atoms with van der Waals surface area (Å²) in [4.78, 5) is 4.36. The van der Waals surface area contributed by atoms with Gasteiger partial charge >= 0.3 is 0 Å². The molecular formula is C19H31N3O3. The molecular weight excluding hydrogens is 318 g/mol. The minimum atomic E-state index is 0.411. The summed E-state index contributed by atoms with van der Waals surface area (Å²) in [7, 11) is 3.24. The van der Waals surface area contributed by atoms with Gasteiger partial charge in [0.2, 0.25) is 0 Å². The van der Waals surface area contributed by atoms with Crippen LogP contribution in [0.5, 0.6) is 11.5 Å². The SMILES string of the molecule is COc1ccc(CN=C(N)NCCOC2CCCCCC2)cc1OC. The van der Waals surface area contributed by atoms with E-state index in [1.54, 1.807) is 14.2 Å². The Balaban J connectivity index is 1.70. The zero-order chi connectivity index (χ0) is 17.9. The molecule has 0 unspecified atom stereocenters. The van der Waals surface area contributed by atoms with Crippen molar-refractivity contribution < 1.29 is 14.2 Å². The number of nitrogens with zero attached hydrogens (tertiary/aromatic N) is 1. The predicted molar refractivity (Wildman–Crippen MR) is 100 cm³/mol. The first-order valence-corrected chi connectivity index (χ1v) is 9.09. The number of benzene rings is 1. The van der Waals surface area contributed by atoms with Crippen LogP contribution in [-0.2, 0) is 11.3 Å². The van der Waals surface area contributed by atoms with Gasteiger partial charge in [0, 0.05) is 6.54 Å². The maximum Gasteiger partial charge on any atom is 0.188 e. The molecule has 25 heavy (non-hydrogen) atoms. The highest BCUT2D eigenvalue weighted by Crippen LogP contribution is 2.27. The number of nitrogens with one attached hydrogen (secondary N) is 1. The van der Waals surface area contributed by atoms with Gasteiger partial charge in [-0.3, -0.25) is 0 Å². The lowest BCUT2D eigenvalue weighted by Crippen LogP contribution is -2.34. The van der Waals surface area contributed by atoms with Gasteiger partial charge < -0.3 is 25.3 Å².